The summed E-state index contributed by atoms with van der Waals surface area (Å²) < 4.78 is 25.8. The van der Waals surface area contributed by atoms with Crippen molar-refractivity contribution in [3.63, 3.8) is 0 Å². The first-order valence-electron chi connectivity index (χ1n) is 8.96. The summed E-state index contributed by atoms with van der Waals surface area (Å²) in [7, 11) is -3.30. The molecule has 0 bridgehead atoms. The van der Waals surface area contributed by atoms with Crippen molar-refractivity contribution in [1.29, 1.82) is 0 Å². The van der Waals surface area contributed by atoms with E-state index in [9.17, 15) is 8.42 Å². The molecule has 2 aliphatic rings. The number of nitrogens with zero attached hydrogens (tertiary/aromatic N) is 2. The molecule has 7 heteroatoms. The fourth-order valence-corrected chi connectivity index (χ4v) is 5.04. The summed E-state index contributed by atoms with van der Waals surface area (Å²) in [5.41, 5.74) is 0.500. The molecule has 0 amide bonds. The summed E-state index contributed by atoms with van der Waals surface area (Å²) in [5.74, 6) is 0.889. The van der Waals surface area contributed by atoms with Crippen molar-refractivity contribution in [2.75, 3.05) is 31.9 Å². The number of aliphatic imine (C=N–C) groups is 1. The van der Waals surface area contributed by atoms with Crippen LogP contribution in [0.25, 0.3) is 0 Å². The van der Waals surface area contributed by atoms with Crippen molar-refractivity contribution in [3.8, 4) is 0 Å². The lowest BCUT2D eigenvalue weighted by atomic mass is 9.68. The predicted octanol–water partition coefficient (Wildman–Crippen LogP) is 3.06. The zero-order chi connectivity index (χ0) is 17.9. The number of rotatable bonds is 5. The molecule has 0 atom stereocenters. The zero-order valence-electron chi connectivity index (χ0n) is 14.7. The van der Waals surface area contributed by atoms with Crippen LogP contribution in [-0.2, 0) is 9.84 Å². The molecule has 1 aromatic rings. The van der Waals surface area contributed by atoms with Gasteiger partial charge in [0.25, 0.3) is 0 Å². The number of benzene rings is 1. The molecule has 0 aromatic heterocycles. The second kappa shape index (κ2) is 7.66. The Kier molecular flexibility index (Phi) is 5.73. The number of halogens is 1. The van der Waals surface area contributed by atoms with Crippen LogP contribution in [0.4, 0.5) is 0 Å². The van der Waals surface area contributed by atoms with E-state index in [0.717, 1.165) is 30.1 Å². The van der Waals surface area contributed by atoms with Gasteiger partial charge in [0, 0.05) is 24.1 Å². The highest BCUT2D eigenvalue weighted by Gasteiger charge is 2.43. The number of likely N-dealkylation sites (tertiary alicyclic amines) is 1. The van der Waals surface area contributed by atoms with E-state index in [2.05, 4.69) is 31.1 Å². The normalized spacial score (nSPS) is 19.9. The van der Waals surface area contributed by atoms with Gasteiger partial charge in [-0.25, -0.2) is 8.42 Å². The highest BCUT2D eigenvalue weighted by molar-refractivity contribution is 9.10. The van der Waals surface area contributed by atoms with Gasteiger partial charge in [0.1, 0.15) is 0 Å². The van der Waals surface area contributed by atoms with Gasteiger partial charge in [0.2, 0.25) is 0 Å². The van der Waals surface area contributed by atoms with Crippen LogP contribution in [0, 0.1) is 5.41 Å². The molecule has 138 valence electrons. The maximum Gasteiger partial charge on any atom is 0.193 e. The van der Waals surface area contributed by atoms with E-state index in [1.54, 1.807) is 24.3 Å². The van der Waals surface area contributed by atoms with Gasteiger partial charge >= 0.3 is 0 Å². The summed E-state index contributed by atoms with van der Waals surface area (Å²) in [4.78, 5) is 7.24. The maximum absolute atomic E-state index is 12.4. The zero-order valence-corrected chi connectivity index (χ0v) is 17.1. The summed E-state index contributed by atoms with van der Waals surface area (Å²) in [5, 5.41) is 3.32. The van der Waals surface area contributed by atoms with Gasteiger partial charge < -0.3 is 10.2 Å². The van der Waals surface area contributed by atoms with Gasteiger partial charge in [-0.1, -0.05) is 22.4 Å². The quantitative estimate of drug-likeness (QED) is 0.579. The number of hydrogen-bond donors (Lipinski definition) is 1. The fourth-order valence-electron chi connectivity index (χ4n) is 3.66. The first-order valence-corrected chi connectivity index (χ1v) is 11.4. The van der Waals surface area contributed by atoms with E-state index in [1.165, 1.54) is 25.7 Å². The number of nitrogens with one attached hydrogen (secondary N) is 1. The predicted molar refractivity (Wildman–Crippen MR) is 105 cm³/mol. The topological polar surface area (TPSA) is 61.8 Å². The van der Waals surface area contributed by atoms with Crippen LogP contribution in [-0.4, -0.2) is 51.2 Å². The Morgan fingerprint density at radius 1 is 1.28 bits per heavy atom. The molecule has 1 aromatic carbocycles. The first-order chi connectivity index (χ1) is 11.9. The average Bonchev–Trinajstić information content (AvgIpc) is 3.00. The van der Waals surface area contributed by atoms with E-state index in [4.69, 9.17) is 0 Å². The summed E-state index contributed by atoms with van der Waals surface area (Å²) in [6.07, 6.45) is 5.21. The molecule has 5 nitrogen and oxygen atoms in total. The summed E-state index contributed by atoms with van der Waals surface area (Å²) >= 11 is 3.33. The highest BCUT2D eigenvalue weighted by Crippen LogP contribution is 2.47. The minimum absolute atomic E-state index is 0.0303. The minimum Gasteiger partial charge on any atom is -0.357 e. The summed E-state index contributed by atoms with van der Waals surface area (Å²) in [6.45, 7) is 5.19. The monoisotopic (exact) mass is 427 g/mol. The number of sulfone groups is 1. The van der Waals surface area contributed by atoms with Gasteiger partial charge in [-0.15, -0.1) is 0 Å². The molecule has 25 heavy (non-hydrogen) atoms. The number of guanidine groups is 1. The SMILES string of the molecule is CCNC(=NCCS(=O)(=O)c1ccc(Br)cc1)N1CCC2(CCC2)C1. The van der Waals surface area contributed by atoms with Crippen molar-refractivity contribution in [1.82, 2.24) is 10.2 Å². The third-order valence-corrected chi connectivity index (χ3v) is 7.52. The van der Waals surface area contributed by atoms with E-state index >= 15 is 0 Å². The molecule has 1 aliphatic carbocycles. The Bertz CT molecular complexity index is 727. The van der Waals surface area contributed by atoms with Crippen LogP contribution >= 0.6 is 15.9 Å². The molecular weight excluding hydrogens is 402 g/mol. The largest absolute Gasteiger partial charge is 0.357 e. The molecule has 1 saturated heterocycles. The fraction of sp³-hybridized carbons (Fsp3) is 0.611. The van der Waals surface area contributed by atoms with Crippen LogP contribution < -0.4 is 5.32 Å². The number of hydrogen-bond acceptors (Lipinski definition) is 3. The smallest absolute Gasteiger partial charge is 0.193 e. The van der Waals surface area contributed by atoms with E-state index < -0.39 is 9.84 Å². The lowest BCUT2D eigenvalue weighted by molar-refractivity contribution is 0.151. The third-order valence-electron chi connectivity index (χ3n) is 5.28. The molecule has 0 radical (unpaired) electrons. The third kappa shape index (κ3) is 4.37. The Morgan fingerprint density at radius 2 is 2.00 bits per heavy atom. The van der Waals surface area contributed by atoms with E-state index in [1.807, 2.05) is 6.92 Å². The average molecular weight is 428 g/mol. The molecule has 1 spiro atoms. The van der Waals surface area contributed by atoms with Crippen LogP contribution in [0.3, 0.4) is 0 Å². The van der Waals surface area contributed by atoms with Gasteiger partial charge in [-0.3, -0.25) is 4.99 Å². The Labute approximate surface area is 158 Å². The van der Waals surface area contributed by atoms with Crippen molar-refractivity contribution in [3.05, 3.63) is 28.7 Å². The van der Waals surface area contributed by atoms with Crippen molar-refractivity contribution in [2.45, 2.75) is 37.5 Å². The molecule has 3 rings (SSSR count). The van der Waals surface area contributed by atoms with Gasteiger partial charge in [-0.2, -0.15) is 0 Å². The molecule has 1 saturated carbocycles. The standard InChI is InChI=1S/C18H26BrN3O2S/c1-2-20-17(22-12-10-18(14-22)8-3-9-18)21-11-13-25(23,24)16-6-4-15(19)5-7-16/h4-7H,2-3,8-14H2,1H3,(H,20,21). The Balaban J connectivity index is 1.62. The van der Waals surface area contributed by atoms with Crippen molar-refractivity contribution < 1.29 is 8.42 Å². The molecule has 1 heterocycles. The second-order valence-corrected chi connectivity index (χ2v) is 10.1. The second-order valence-electron chi connectivity index (χ2n) is 7.03. The van der Waals surface area contributed by atoms with Crippen molar-refractivity contribution >= 4 is 31.7 Å². The molecular formula is C18H26BrN3O2S. The lowest BCUT2D eigenvalue weighted by Crippen LogP contribution is -2.42. The molecule has 1 N–H and O–H groups in total. The van der Waals surface area contributed by atoms with E-state index in [0.29, 0.717) is 10.3 Å². The van der Waals surface area contributed by atoms with Gasteiger partial charge in [-0.05, 0) is 55.9 Å². The maximum atomic E-state index is 12.4. The van der Waals surface area contributed by atoms with Crippen LogP contribution in [0.5, 0.6) is 0 Å². The minimum atomic E-state index is -3.30. The summed E-state index contributed by atoms with van der Waals surface area (Å²) in [6, 6.07) is 6.77. The van der Waals surface area contributed by atoms with E-state index in [-0.39, 0.29) is 12.3 Å². The Morgan fingerprint density at radius 3 is 2.56 bits per heavy atom. The van der Waals surface area contributed by atoms with Crippen LogP contribution in [0.15, 0.2) is 38.6 Å². The lowest BCUT2D eigenvalue weighted by Gasteiger charge is -2.38. The molecule has 0 unspecified atom stereocenters. The van der Waals surface area contributed by atoms with Gasteiger partial charge in [0.05, 0.1) is 17.2 Å². The van der Waals surface area contributed by atoms with Crippen molar-refractivity contribution in [2.24, 2.45) is 10.4 Å². The molecule has 2 fully saturated rings. The molecule has 1 aliphatic heterocycles. The Hall–Kier alpha value is -1.08. The van der Waals surface area contributed by atoms with Crippen LogP contribution in [0.1, 0.15) is 32.6 Å². The van der Waals surface area contributed by atoms with Gasteiger partial charge in [0.15, 0.2) is 15.8 Å². The highest BCUT2D eigenvalue weighted by atomic mass is 79.9. The first kappa shape index (κ1) is 18.7. The van der Waals surface area contributed by atoms with Crippen LogP contribution in [0.2, 0.25) is 0 Å².